The molecule has 4 atom stereocenters. The smallest absolute Gasteiger partial charge is 0.246 e. The Balaban J connectivity index is 0.830. The summed E-state index contributed by atoms with van der Waals surface area (Å²) in [4.78, 5) is 65.1. The number of likely N-dealkylation sites (N-methyl/N-ethyl adjacent to an activating group) is 1. The van der Waals surface area contributed by atoms with Crippen LogP contribution in [0.2, 0.25) is 0 Å². The number of β-amino-alcohol motifs (C(OH)–C–C–N with tert-alkyl or cyclic N) is 1. The molecule has 7 rings (SSSR count). The number of unbranched alkanes of at least 4 members (excludes halogenated alkanes) is 3. The molecule has 15 heteroatoms. The van der Waals surface area contributed by atoms with Crippen LogP contribution in [0.25, 0.3) is 31.0 Å². The number of hydrogen-bond acceptors (Lipinski definition) is 12. The van der Waals surface area contributed by atoms with Gasteiger partial charge >= 0.3 is 0 Å². The molecule has 3 heterocycles. The van der Waals surface area contributed by atoms with E-state index in [2.05, 4.69) is 27.4 Å². The zero-order valence-corrected chi connectivity index (χ0v) is 42.5. The van der Waals surface area contributed by atoms with Crippen molar-refractivity contribution >= 4 is 56.3 Å². The normalized spacial score (nSPS) is 15.8. The number of aliphatic hydroxyl groups excluding tert-OH is 1. The lowest BCUT2D eigenvalue weighted by molar-refractivity contribution is -0.144. The predicted molar refractivity (Wildman–Crippen MR) is 278 cm³/mol. The number of thiazole rings is 1. The number of aliphatic hydroxyl groups is 1. The highest BCUT2D eigenvalue weighted by Crippen LogP contribution is 2.42. The van der Waals surface area contributed by atoms with Gasteiger partial charge in [-0.2, -0.15) is 0 Å². The summed E-state index contributed by atoms with van der Waals surface area (Å²) in [6.45, 7) is 14.6. The van der Waals surface area contributed by atoms with Crippen molar-refractivity contribution < 1.29 is 39.2 Å². The second-order valence-electron chi connectivity index (χ2n) is 19.2. The molecule has 370 valence electrons. The van der Waals surface area contributed by atoms with Crippen LogP contribution >= 0.6 is 22.7 Å². The first-order valence-electron chi connectivity index (χ1n) is 24.1. The molecular weight excluding hydrogens is 923 g/mol. The highest BCUT2D eigenvalue weighted by atomic mass is 32.1. The Morgan fingerprint density at radius 2 is 1.53 bits per heavy atom. The van der Waals surface area contributed by atoms with Crippen LogP contribution in [0.15, 0.2) is 96.5 Å². The number of nitrogens with zero attached hydrogens (tertiary/aromatic N) is 3. The Labute approximate surface area is 418 Å². The zero-order chi connectivity index (χ0) is 50.1. The quantitative estimate of drug-likeness (QED) is 0.0344. The van der Waals surface area contributed by atoms with E-state index in [1.165, 1.54) is 16.2 Å². The number of carbonyl (C=O) groups is 4. The Morgan fingerprint density at radius 1 is 0.857 bits per heavy atom. The van der Waals surface area contributed by atoms with Gasteiger partial charge in [0, 0.05) is 52.0 Å². The average Bonchev–Trinajstić information content (AvgIpc) is 4.07. The van der Waals surface area contributed by atoms with Gasteiger partial charge < -0.3 is 40.5 Å². The molecule has 1 fully saturated rings. The van der Waals surface area contributed by atoms with Gasteiger partial charge in [-0.1, -0.05) is 64.8 Å². The molecule has 0 bridgehead atoms. The number of aromatic nitrogens is 1. The summed E-state index contributed by atoms with van der Waals surface area (Å²) in [5.41, 5.74) is 5.98. The molecule has 0 aliphatic carbocycles. The monoisotopic (exact) mass is 987 g/mol. The van der Waals surface area contributed by atoms with E-state index in [0.717, 1.165) is 81.1 Å². The zero-order valence-electron chi connectivity index (χ0n) is 40.9. The number of amides is 3. The fraction of sp³-hybridized carbons (Fsp3) is 0.400. The van der Waals surface area contributed by atoms with Crippen molar-refractivity contribution in [2.45, 2.75) is 104 Å². The number of benzene rings is 4. The molecule has 3 amide bonds. The minimum absolute atomic E-state index is 0.0145. The van der Waals surface area contributed by atoms with Crippen molar-refractivity contribution in [1.29, 1.82) is 0 Å². The van der Waals surface area contributed by atoms with E-state index in [9.17, 15) is 34.5 Å². The van der Waals surface area contributed by atoms with Crippen molar-refractivity contribution in [3.05, 3.63) is 119 Å². The SMILES string of the molecule is CCN(CCCCCCC(=O)NC(C(=O)N1C[C@H](O)C[C@H]1C(=O)NC(C)c1ccc(-c2scnc2C)cc1)C(C)(C)C)CCOc1ccc(C(=O)c2c(-c3ccc(O)cc3)sc3cc(O)ccc23)cc1. The molecule has 0 radical (unpaired) electrons. The number of aryl methyl sites for hydroxylation is 1. The molecular formula is C55H65N5O8S2. The molecule has 1 saturated heterocycles. The van der Waals surface area contributed by atoms with E-state index in [-0.39, 0.29) is 60.4 Å². The van der Waals surface area contributed by atoms with Gasteiger partial charge in [-0.15, -0.1) is 22.7 Å². The van der Waals surface area contributed by atoms with Crippen LogP contribution in [-0.2, 0) is 14.4 Å². The number of hydrogen-bond donors (Lipinski definition) is 5. The summed E-state index contributed by atoms with van der Waals surface area (Å²) < 4.78 is 6.88. The number of nitrogens with one attached hydrogen (secondary N) is 2. The number of aromatic hydroxyl groups is 2. The van der Waals surface area contributed by atoms with Crippen molar-refractivity contribution in [2.75, 3.05) is 32.8 Å². The van der Waals surface area contributed by atoms with E-state index < -0.39 is 23.6 Å². The predicted octanol–water partition coefficient (Wildman–Crippen LogP) is 9.66. The molecule has 1 aliphatic rings. The van der Waals surface area contributed by atoms with Crippen LogP contribution in [0.3, 0.4) is 0 Å². The van der Waals surface area contributed by atoms with Gasteiger partial charge in [0.1, 0.15) is 35.9 Å². The van der Waals surface area contributed by atoms with Crippen LogP contribution in [0, 0.1) is 12.3 Å². The van der Waals surface area contributed by atoms with Crippen LogP contribution in [0.1, 0.15) is 106 Å². The first kappa shape index (κ1) is 51.7. The third-order valence-corrected chi connectivity index (χ3v) is 15.1. The number of ether oxygens (including phenoxy) is 1. The summed E-state index contributed by atoms with van der Waals surface area (Å²) in [7, 11) is 0. The number of carbonyl (C=O) groups excluding carboxylic acids is 4. The Bertz CT molecular complexity index is 2750. The molecule has 4 aromatic carbocycles. The summed E-state index contributed by atoms with van der Waals surface area (Å²) in [5, 5.41) is 37.4. The lowest BCUT2D eigenvalue weighted by Gasteiger charge is -2.35. The standard InChI is InChI=1S/C55H65N5O8S2/c1-7-59(28-29-68-43-24-19-37(20-25-43)49(65)48-44-26-23-41(62)31-46(44)70-51(48)39-17-21-40(61)22-18-39)27-11-9-8-10-12-47(64)58-52(55(4,5)6)54(67)60-32-42(63)30-45(60)53(66)57-34(2)36-13-15-38(16-14-36)50-35(3)56-33-69-50/h13-26,31,33-34,42,45,52,61-63H,7-12,27-30,32H2,1-6H3,(H,57,66)(H,58,64)/t34?,42-,45+,52?/m1/s1. The first-order chi connectivity index (χ1) is 33.5. The molecule has 2 unspecified atom stereocenters. The van der Waals surface area contributed by atoms with Crippen LogP contribution in [0.5, 0.6) is 17.2 Å². The number of phenolic OH excluding ortho intramolecular Hbond substituents is 2. The second-order valence-corrected chi connectivity index (χ2v) is 21.1. The topological polar surface area (TPSA) is 182 Å². The van der Waals surface area contributed by atoms with E-state index >= 15 is 0 Å². The van der Waals surface area contributed by atoms with E-state index in [0.29, 0.717) is 29.9 Å². The Kier molecular flexibility index (Phi) is 17.1. The van der Waals surface area contributed by atoms with Crippen LogP contribution < -0.4 is 15.4 Å². The maximum Gasteiger partial charge on any atom is 0.246 e. The van der Waals surface area contributed by atoms with Crippen molar-refractivity contribution in [2.24, 2.45) is 5.41 Å². The van der Waals surface area contributed by atoms with Gasteiger partial charge in [-0.25, -0.2) is 4.98 Å². The average molecular weight is 988 g/mol. The van der Waals surface area contributed by atoms with Crippen LogP contribution in [-0.4, -0.2) is 105 Å². The summed E-state index contributed by atoms with van der Waals surface area (Å²) in [6, 6.07) is 24.8. The number of rotatable bonds is 21. The maximum atomic E-state index is 14.1. The number of fused-ring (bicyclic) bond motifs is 1. The van der Waals surface area contributed by atoms with Gasteiger partial charge in [-0.3, -0.25) is 19.2 Å². The van der Waals surface area contributed by atoms with Crippen molar-refractivity contribution in [3.63, 3.8) is 0 Å². The molecule has 2 aromatic heterocycles. The molecule has 0 spiro atoms. The van der Waals surface area contributed by atoms with Crippen molar-refractivity contribution in [3.8, 4) is 38.1 Å². The fourth-order valence-electron chi connectivity index (χ4n) is 8.92. The fourth-order valence-corrected chi connectivity index (χ4v) is 11.0. The van der Waals surface area contributed by atoms with Gasteiger partial charge in [0.25, 0.3) is 0 Å². The van der Waals surface area contributed by atoms with E-state index in [1.807, 2.05) is 64.4 Å². The number of thiophene rings is 1. The summed E-state index contributed by atoms with van der Waals surface area (Å²) >= 11 is 3.00. The molecule has 6 aromatic rings. The molecule has 70 heavy (non-hydrogen) atoms. The van der Waals surface area contributed by atoms with Gasteiger partial charge in [0.2, 0.25) is 17.7 Å². The highest BCUT2D eigenvalue weighted by Gasteiger charge is 2.44. The van der Waals surface area contributed by atoms with E-state index in [1.54, 1.807) is 78.1 Å². The van der Waals surface area contributed by atoms with Gasteiger partial charge in [0.15, 0.2) is 5.78 Å². The maximum absolute atomic E-state index is 14.1. The summed E-state index contributed by atoms with van der Waals surface area (Å²) in [6.07, 6.45) is 2.95. The molecule has 13 nitrogen and oxygen atoms in total. The highest BCUT2D eigenvalue weighted by molar-refractivity contribution is 7.22. The third-order valence-electron chi connectivity index (χ3n) is 13.0. The van der Waals surface area contributed by atoms with Gasteiger partial charge in [-0.05, 0) is 129 Å². The lowest BCUT2D eigenvalue weighted by atomic mass is 9.85. The van der Waals surface area contributed by atoms with Crippen molar-refractivity contribution in [1.82, 2.24) is 25.4 Å². The number of phenols is 2. The summed E-state index contributed by atoms with van der Waals surface area (Å²) in [5.74, 6) is -0.157. The first-order valence-corrected chi connectivity index (χ1v) is 25.8. The third kappa shape index (κ3) is 12.8. The van der Waals surface area contributed by atoms with E-state index in [4.69, 9.17) is 4.74 Å². The van der Waals surface area contributed by atoms with Crippen LogP contribution in [0.4, 0.5) is 0 Å². The minimum atomic E-state index is -0.879. The second kappa shape index (κ2) is 23.2. The minimum Gasteiger partial charge on any atom is -0.508 e. The van der Waals surface area contributed by atoms with Gasteiger partial charge in [0.05, 0.1) is 28.2 Å². The molecule has 5 N–H and O–H groups in total. The molecule has 0 saturated carbocycles. The Hall–Kier alpha value is -6.13. The molecule has 1 aliphatic heterocycles. The lowest BCUT2D eigenvalue weighted by Crippen LogP contribution is -2.57. The number of likely N-dealkylation sites (tertiary alicyclic amines) is 1. The Morgan fingerprint density at radius 3 is 2.20 bits per heavy atom. The number of ketones is 1. The largest absolute Gasteiger partial charge is 0.508 e.